The van der Waals surface area contributed by atoms with Gasteiger partial charge in [-0.1, -0.05) is 51.3 Å². The quantitative estimate of drug-likeness (QED) is 0.338. The van der Waals surface area contributed by atoms with E-state index in [1.807, 2.05) is 24.3 Å². The van der Waals surface area contributed by atoms with Gasteiger partial charge in [-0.05, 0) is 70.5 Å². The molecule has 0 aliphatic carbocycles. The number of hydrogen-bond donors (Lipinski definition) is 1. The van der Waals surface area contributed by atoms with Gasteiger partial charge in [0.25, 0.3) is 11.8 Å². The van der Waals surface area contributed by atoms with Crippen molar-refractivity contribution < 1.29 is 19.1 Å². The van der Waals surface area contributed by atoms with Crippen LogP contribution in [0.25, 0.3) is 0 Å². The monoisotopic (exact) mass is 620 g/mol. The SMILES string of the molecule is CC(NC(=O)c1cnc2n1C(C)(Cc1ccc(Br)cc1)C(=O)N2c1cc(Cl)cc(Cl)c1)C(=O)OC(C)(C)C. The van der Waals surface area contributed by atoms with Gasteiger partial charge in [0, 0.05) is 20.9 Å². The fourth-order valence-electron chi connectivity index (χ4n) is 4.35. The van der Waals surface area contributed by atoms with Crippen LogP contribution in [0.1, 0.15) is 50.7 Å². The summed E-state index contributed by atoms with van der Waals surface area (Å²) in [6.45, 7) is 8.54. The average Bonchev–Trinajstić information content (AvgIpc) is 3.32. The molecule has 200 valence electrons. The molecule has 2 aromatic carbocycles. The first-order chi connectivity index (χ1) is 17.7. The molecule has 0 spiro atoms. The van der Waals surface area contributed by atoms with Crippen molar-refractivity contribution in [2.75, 3.05) is 4.90 Å². The van der Waals surface area contributed by atoms with E-state index in [9.17, 15) is 14.4 Å². The summed E-state index contributed by atoms with van der Waals surface area (Å²) >= 11 is 15.9. The maximum atomic E-state index is 14.1. The third-order valence-corrected chi connectivity index (χ3v) is 6.97. The van der Waals surface area contributed by atoms with Crippen molar-refractivity contribution in [2.24, 2.45) is 0 Å². The number of nitrogens with zero attached hydrogens (tertiary/aromatic N) is 3. The minimum Gasteiger partial charge on any atom is -0.458 e. The number of imidazole rings is 1. The Balaban J connectivity index is 1.77. The average molecular weight is 622 g/mol. The highest BCUT2D eigenvalue weighted by molar-refractivity contribution is 9.10. The van der Waals surface area contributed by atoms with E-state index < -0.39 is 29.1 Å². The highest BCUT2D eigenvalue weighted by Crippen LogP contribution is 2.43. The first kappa shape index (κ1) is 28.1. The summed E-state index contributed by atoms with van der Waals surface area (Å²) in [6.07, 6.45) is 1.66. The number of benzene rings is 2. The van der Waals surface area contributed by atoms with Crippen LogP contribution in [0.5, 0.6) is 0 Å². The molecule has 1 aromatic heterocycles. The number of halogens is 3. The van der Waals surface area contributed by atoms with E-state index in [0.29, 0.717) is 15.7 Å². The van der Waals surface area contributed by atoms with Crippen LogP contribution in [0.15, 0.2) is 53.1 Å². The van der Waals surface area contributed by atoms with Crippen molar-refractivity contribution in [2.45, 2.75) is 58.2 Å². The van der Waals surface area contributed by atoms with E-state index in [4.69, 9.17) is 27.9 Å². The number of esters is 1. The zero-order valence-corrected chi connectivity index (χ0v) is 24.6. The number of carbonyl (C=O) groups is 3. The first-order valence-electron chi connectivity index (χ1n) is 11.9. The maximum Gasteiger partial charge on any atom is 0.328 e. The fourth-order valence-corrected chi connectivity index (χ4v) is 5.13. The van der Waals surface area contributed by atoms with E-state index in [1.165, 1.54) is 11.1 Å². The Morgan fingerprint density at radius 2 is 1.74 bits per heavy atom. The summed E-state index contributed by atoms with van der Waals surface area (Å²) in [4.78, 5) is 45.8. The molecule has 2 unspecified atom stereocenters. The number of amides is 2. The van der Waals surface area contributed by atoms with Crippen molar-refractivity contribution in [1.82, 2.24) is 14.9 Å². The molecule has 0 saturated carbocycles. The molecule has 8 nitrogen and oxygen atoms in total. The molecule has 11 heteroatoms. The predicted molar refractivity (Wildman–Crippen MR) is 150 cm³/mol. The normalized spacial score (nSPS) is 17.8. The first-order valence-corrected chi connectivity index (χ1v) is 13.4. The van der Waals surface area contributed by atoms with Gasteiger partial charge in [0.2, 0.25) is 5.95 Å². The summed E-state index contributed by atoms with van der Waals surface area (Å²) in [5, 5.41) is 3.38. The van der Waals surface area contributed by atoms with Crippen LogP contribution in [0.3, 0.4) is 0 Å². The molecule has 0 fully saturated rings. The molecule has 0 bridgehead atoms. The van der Waals surface area contributed by atoms with E-state index in [0.717, 1.165) is 10.0 Å². The number of anilines is 2. The van der Waals surface area contributed by atoms with Gasteiger partial charge < -0.3 is 10.1 Å². The van der Waals surface area contributed by atoms with E-state index >= 15 is 0 Å². The lowest BCUT2D eigenvalue weighted by Crippen LogP contribution is -2.45. The molecule has 2 atom stereocenters. The molecule has 1 aliphatic rings. The molecule has 0 saturated heterocycles. The number of carbonyl (C=O) groups excluding carboxylic acids is 3. The largest absolute Gasteiger partial charge is 0.458 e. The standard InChI is InChI=1S/C27H27BrCl2N4O4/c1-15(23(36)38-26(2,3)4)32-22(35)21-14-31-25-33(20-11-18(29)10-19(30)12-20)24(37)27(5,34(21)25)13-16-6-8-17(28)9-7-16/h6-12,14-15H,13H2,1-5H3,(H,32,35). The van der Waals surface area contributed by atoms with Crippen LogP contribution in [-0.4, -0.2) is 39.0 Å². The van der Waals surface area contributed by atoms with Crippen LogP contribution >= 0.6 is 39.1 Å². The number of ether oxygens (including phenoxy) is 1. The molecule has 4 rings (SSSR count). The Hall–Kier alpha value is -2.88. The molecule has 2 heterocycles. The summed E-state index contributed by atoms with van der Waals surface area (Å²) in [7, 11) is 0. The lowest BCUT2D eigenvalue weighted by atomic mass is 9.91. The second-order valence-corrected chi connectivity index (χ2v) is 12.1. The molecular formula is C27H27BrCl2N4O4. The maximum absolute atomic E-state index is 14.1. The van der Waals surface area contributed by atoms with Gasteiger partial charge in [-0.15, -0.1) is 0 Å². The van der Waals surface area contributed by atoms with Crippen LogP contribution < -0.4 is 10.2 Å². The van der Waals surface area contributed by atoms with Crippen molar-refractivity contribution in [1.29, 1.82) is 0 Å². The smallest absolute Gasteiger partial charge is 0.328 e. The number of fused-ring (bicyclic) bond motifs is 1. The third-order valence-electron chi connectivity index (χ3n) is 6.01. The van der Waals surface area contributed by atoms with E-state index in [-0.39, 0.29) is 24.0 Å². The van der Waals surface area contributed by atoms with Gasteiger partial charge >= 0.3 is 5.97 Å². The zero-order chi connectivity index (χ0) is 28.0. The summed E-state index contributed by atoms with van der Waals surface area (Å²) in [6, 6.07) is 11.4. The van der Waals surface area contributed by atoms with Gasteiger partial charge in [-0.2, -0.15) is 0 Å². The lowest BCUT2D eigenvalue weighted by molar-refractivity contribution is -0.156. The predicted octanol–water partition coefficient (Wildman–Crippen LogP) is 6.05. The Morgan fingerprint density at radius 1 is 1.13 bits per heavy atom. The molecule has 0 radical (unpaired) electrons. The van der Waals surface area contributed by atoms with Gasteiger partial charge in [-0.3, -0.25) is 14.2 Å². The van der Waals surface area contributed by atoms with Crippen LogP contribution in [0.4, 0.5) is 11.6 Å². The Bertz CT molecular complexity index is 1400. The third kappa shape index (κ3) is 5.60. The van der Waals surface area contributed by atoms with Crippen molar-refractivity contribution >= 4 is 68.6 Å². The topological polar surface area (TPSA) is 93.5 Å². The van der Waals surface area contributed by atoms with Gasteiger partial charge in [0.1, 0.15) is 22.9 Å². The zero-order valence-electron chi connectivity index (χ0n) is 21.5. The summed E-state index contributed by atoms with van der Waals surface area (Å²) < 4.78 is 7.89. The summed E-state index contributed by atoms with van der Waals surface area (Å²) in [5.74, 6) is -1.21. The van der Waals surface area contributed by atoms with Crippen molar-refractivity contribution in [3.63, 3.8) is 0 Å². The molecule has 1 N–H and O–H groups in total. The minimum absolute atomic E-state index is 0.124. The van der Waals surface area contributed by atoms with Gasteiger partial charge in [0.05, 0.1) is 11.9 Å². The fraction of sp³-hybridized carbons (Fsp3) is 0.333. The summed E-state index contributed by atoms with van der Waals surface area (Å²) in [5.41, 5.74) is -0.506. The van der Waals surface area contributed by atoms with Crippen molar-refractivity contribution in [3.8, 4) is 0 Å². The number of hydrogen-bond acceptors (Lipinski definition) is 5. The minimum atomic E-state index is -1.23. The Morgan fingerprint density at radius 3 is 2.32 bits per heavy atom. The molecule has 2 amide bonds. The van der Waals surface area contributed by atoms with E-state index in [1.54, 1.807) is 57.4 Å². The second-order valence-electron chi connectivity index (χ2n) is 10.4. The highest BCUT2D eigenvalue weighted by Gasteiger charge is 2.51. The van der Waals surface area contributed by atoms with Gasteiger partial charge in [0.15, 0.2) is 0 Å². The number of aromatic nitrogens is 2. The van der Waals surface area contributed by atoms with Gasteiger partial charge in [-0.25, -0.2) is 14.7 Å². The molecule has 3 aromatic rings. The number of nitrogens with one attached hydrogen (secondary N) is 1. The molecule has 1 aliphatic heterocycles. The molecular weight excluding hydrogens is 595 g/mol. The Kier molecular flexibility index (Phi) is 7.67. The highest BCUT2D eigenvalue weighted by atomic mass is 79.9. The van der Waals surface area contributed by atoms with Crippen LogP contribution in [0.2, 0.25) is 10.0 Å². The Labute approximate surface area is 239 Å². The lowest BCUT2D eigenvalue weighted by Gasteiger charge is -2.27. The van der Waals surface area contributed by atoms with Crippen molar-refractivity contribution in [3.05, 3.63) is 74.4 Å². The second kappa shape index (κ2) is 10.4. The number of rotatable bonds is 6. The molecule has 38 heavy (non-hydrogen) atoms. The van der Waals surface area contributed by atoms with Crippen LogP contribution in [-0.2, 0) is 26.3 Å². The van der Waals surface area contributed by atoms with E-state index in [2.05, 4.69) is 26.2 Å². The van der Waals surface area contributed by atoms with Crippen LogP contribution in [0, 0.1) is 0 Å².